The molecule has 1 fully saturated rings. The Morgan fingerprint density at radius 3 is 2.36 bits per heavy atom. The molecule has 0 radical (unpaired) electrons. The summed E-state index contributed by atoms with van der Waals surface area (Å²) >= 11 is 12.5. The number of ether oxygens (including phenoxy) is 3. The molecular weight excluding hydrogens is 619 g/mol. The van der Waals surface area contributed by atoms with E-state index in [1.807, 2.05) is 0 Å². The highest BCUT2D eigenvalue weighted by molar-refractivity contribution is 7.92. The van der Waals surface area contributed by atoms with Crippen molar-refractivity contribution in [3.05, 3.63) is 86.8 Å². The minimum Gasteiger partial charge on any atom is -0.619 e. The molecule has 0 saturated heterocycles. The van der Waals surface area contributed by atoms with Crippen LogP contribution in [0.2, 0.25) is 10.0 Å². The summed E-state index contributed by atoms with van der Waals surface area (Å²) in [5.74, 6) is 0.205. The number of nitrogens with zero attached hydrogens (tertiary/aromatic N) is 1. The molecule has 2 aromatic carbocycles. The molecule has 0 bridgehead atoms. The summed E-state index contributed by atoms with van der Waals surface area (Å²) in [4.78, 5) is 12.9. The molecule has 1 amide bonds. The number of anilines is 1. The van der Waals surface area contributed by atoms with Crippen LogP contribution in [0.3, 0.4) is 0 Å². The second-order valence-electron chi connectivity index (χ2n) is 9.65. The van der Waals surface area contributed by atoms with Gasteiger partial charge in [0.2, 0.25) is 10.0 Å². The quantitative estimate of drug-likeness (QED) is 0.183. The highest BCUT2D eigenvalue weighted by atomic mass is 35.5. The fourth-order valence-electron chi connectivity index (χ4n) is 3.91. The molecule has 1 heterocycles. The van der Waals surface area contributed by atoms with Gasteiger partial charge in [-0.05, 0) is 54.2 Å². The van der Waals surface area contributed by atoms with Gasteiger partial charge in [-0.3, -0.25) is 4.72 Å². The van der Waals surface area contributed by atoms with Gasteiger partial charge in [0.25, 0.3) is 0 Å². The molecule has 15 heteroatoms. The Morgan fingerprint density at radius 1 is 1.10 bits per heavy atom. The lowest BCUT2D eigenvalue weighted by Crippen LogP contribution is -2.28. The minimum absolute atomic E-state index is 0.0390. The van der Waals surface area contributed by atoms with E-state index in [0.29, 0.717) is 39.6 Å². The number of alkyl halides is 2. The molecule has 4 rings (SSSR count). The van der Waals surface area contributed by atoms with E-state index in [-0.39, 0.29) is 34.5 Å². The van der Waals surface area contributed by atoms with Crippen molar-refractivity contribution in [3.8, 4) is 11.5 Å². The summed E-state index contributed by atoms with van der Waals surface area (Å²) in [6.07, 6.45) is 3.26. The Labute approximate surface area is 251 Å². The lowest BCUT2D eigenvalue weighted by molar-refractivity contribution is -0.605. The first-order valence-corrected chi connectivity index (χ1v) is 15.3. The monoisotopic (exact) mass is 645 g/mol. The third kappa shape index (κ3) is 9.50. The maximum absolute atomic E-state index is 13.0. The predicted octanol–water partition coefficient (Wildman–Crippen LogP) is 5.60. The second-order valence-corrected chi connectivity index (χ2v) is 12.2. The topological polar surface area (TPSA) is 130 Å². The summed E-state index contributed by atoms with van der Waals surface area (Å²) in [5.41, 5.74) is 1.71. The van der Waals surface area contributed by atoms with Crippen LogP contribution in [0.5, 0.6) is 11.5 Å². The number of carbonyl (C=O) groups is 1. The zero-order valence-electron chi connectivity index (χ0n) is 22.2. The van der Waals surface area contributed by atoms with Gasteiger partial charge in [0.1, 0.15) is 16.1 Å². The van der Waals surface area contributed by atoms with E-state index in [9.17, 15) is 27.2 Å². The fraction of sp³-hybridized carbons (Fsp3) is 0.333. The van der Waals surface area contributed by atoms with E-state index in [1.54, 1.807) is 24.3 Å². The van der Waals surface area contributed by atoms with E-state index in [2.05, 4.69) is 14.8 Å². The molecule has 10 nitrogen and oxygen atoms in total. The smallest absolute Gasteiger partial charge is 0.408 e. The standard InChI is InChI=1S/C27H27Cl2F2N3O7S/c1-42(37,38)33-19-7-4-16(5-8-19)12-32-27(35)41-24(11-20-21(28)13-34(36)14-22(20)29)18-6-9-23(40-26(30)31)25(10-18)39-15-17-2-3-17/h4-10,13-14,17,24,26,33H,2-3,11-12,15H2,1H3,(H,32,35). The number of alkyl carbamates (subject to hydrolysis) is 1. The van der Waals surface area contributed by atoms with E-state index in [0.717, 1.165) is 31.5 Å². The van der Waals surface area contributed by atoms with E-state index in [1.165, 1.54) is 18.2 Å². The number of halogens is 4. The van der Waals surface area contributed by atoms with Crippen LogP contribution < -0.4 is 24.2 Å². The third-order valence-corrected chi connectivity index (χ3v) is 7.38. The van der Waals surface area contributed by atoms with Gasteiger partial charge in [-0.2, -0.15) is 13.5 Å². The first kappa shape index (κ1) is 31.4. The molecule has 42 heavy (non-hydrogen) atoms. The third-order valence-electron chi connectivity index (χ3n) is 6.12. The highest BCUT2D eigenvalue weighted by Crippen LogP contribution is 2.37. The Bertz CT molecular complexity index is 1500. The van der Waals surface area contributed by atoms with Crippen LogP contribution in [0.1, 0.15) is 35.6 Å². The molecule has 1 aliphatic rings. The number of aromatic nitrogens is 1. The molecular formula is C27H27Cl2F2N3O7S. The largest absolute Gasteiger partial charge is 0.619 e. The first-order chi connectivity index (χ1) is 19.9. The number of hydrogen-bond donors (Lipinski definition) is 2. The van der Waals surface area contributed by atoms with Crippen LogP contribution in [-0.2, 0) is 27.7 Å². The number of amides is 1. The Balaban J connectivity index is 1.55. The van der Waals surface area contributed by atoms with Gasteiger partial charge in [0, 0.05) is 24.2 Å². The number of hydrogen-bond acceptors (Lipinski definition) is 7. The van der Waals surface area contributed by atoms with Gasteiger partial charge < -0.3 is 24.7 Å². The van der Waals surface area contributed by atoms with Crippen molar-refractivity contribution in [2.75, 3.05) is 17.6 Å². The first-order valence-electron chi connectivity index (χ1n) is 12.7. The average molecular weight is 646 g/mol. The number of sulfonamides is 1. The molecule has 2 N–H and O–H groups in total. The molecule has 1 saturated carbocycles. The van der Waals surface area contributed by atoms with Crippen LogP contribution in [0.15, 0.2) is 54.9 Å². The molecule has 3 aromatic rings. The molecule has 1 atom stereocenters. The minimum atomic E-state index is -3.44. The number of rotatable bonds is 13. The van der Waals surface area contributed by atoms with Gasteiger partial charge in [0.15, 0.2) is 23.9 Å². The van der Waals surface area contributed by atoms with Crippen molar-refractivity contribution < 1.29 is 40.9 Å². The normalized spacial score (nSPS) is 13.9. The summed E-state index contributed by atoms with van der Waals surface area (Å²) in [7, 11) is -3.44. The molecule has 0 spiro atoms. The van der Waals surface area contributed by atoms with Gasteiger partial charge in [-0.25, -0.2) is 13.2 Å². The lowest BCUT2D eigenvalue weighted by Gasteiger charge is -2.21. The lowest BCUT2D eigenvalue weighted by atomic mass is 10.0. The Morgan fingerprint density at radius 2 is 1.76 bits per heavy atom. The second kappa shape index (κ2) is 13.6. The summed E-state index contributed by atoms with van der Waals surface area (Å²) in [5, 5.41) is 14.4. The van der Waals surface area contributed by atoms with Crippen LogP contribution >= 0.6 is 23.2 Å². The Hall–Kier alpha value is -3.55. The van der Waals surface area contributed by atoms with Crippen molar-refractivity contribution in [2.45, 2.75) is 38.5 Å². The van der Waals surface area contributed by atoms with Crippen molar-refractivity contribution in [1.82, 2.24) is 5.32 Å². The van der Waals surface area contributed by atoms with Crippen molar-refractivity contribution >= 4 is 45.0 Å². The maximum atomic E-state index is 13.0. The molecule has 1 aromatic heterocycles. The van der Waals surface area contributed by atoms with Gasteiger partial charge in [0.05, 0.1) is 12.9 Å². The van der Waals surface area contributed by atoms with Gasteiger partial charge in [-0.1, -0.05) is 41.4 Å². The number of nitrogens with one attached hydrogen (secondary N) is 2. The van der Waals surface area contributed by atoms with Gasteiger partial charge >= 0.3 is 12.7 Å². The molecule has 1 unspecified atom stereocenters. The summed E-state index contributed by atoms with van der Waals surface area (Å²) in [6.45, 7) is -2.72. The van der Waals surface area contributed by atoms with Crippen LogP contribution in [0, 0.1) is 11.1 Å². The summed E-state index contributed by atoms with van der Waals surface area (Å²) in [6, 6.07) is 10.5. The molecule has 1 aliphatic carbocycles. The van der Waals surface area contributed by atoms with Crippen molar-refractivity contribution in [2.24, 2.45) is 5.92 Å². The number of pyridine rings is 1. The van der Waals surface area contributed by atoms with Gasteiger partial charge in [-0.15, -0.1) is 0 Å². The van der Waals surface area contributed by atoms with Crippen molar-refractivity contribution in [3.63, 3.8) is 0 Å². The van der Waals surface area contributed by atoms with E-state index >= 15 is 0 Å². The highest BCUT2D eigenvalue weighted by Gasteiger charge is 2.26. The van der Waals surface area contributed by atoms with Crippen molar-refractivity contribution in [1.29, 1.82) is 0 Å². The van der Waals surface area contributed by atoms with Crippen LogP contribution in [0.4, 0.5) is 19.3 Å². The number of carbonyl (C=O) groups excluding carboxylic acids is 1. The Kier molecular flexibility index (Phi) is 10.2. The van der Waals surface area contributed by atoms with Crippen LogP contribution in [0.25, 0.3) is 0 Å². The maximum Gasteiger partial charge on any atom is 0.408 e. The molecule has 0 aliphatic heterocycles. The molecule has 226 valence electrons. The fourth-order valence-corrected chi connectivity index (χ4v) is 5.07. The summed E-state index contributed by atoms with van der Waals surface area (Å²) < 4.78 is 67.7. The number of benzene rings is 2. The zero-order valence-corrected chi connectivity index (χ0v) is 24.5. The predicted molar refractivity (Wildman–Crippen MR) is 151 cm³/mol. The van der Waals surface area contributed by atoms with Crippen LogP contribution in [-0.4, -0.2) is 34.0 Å². The average Bonchev–Trinajstić information content (AvgIpc) is 3.72. The SMILES string of the molecule is CS(=O)(=O)Nc1ccc(CNC(=O)OC(Cc2c(Cl)c[n+]([O-])cc2Cl)c2ccc(OC(F)F)c(OCC3CC3)c2)cc1. The zero-order chi connectivity index (χ0) is 30.4. The van der Waals surface area contributed by atoms with E-state index in [4.69, 9.17) is 32.7 Å². The van der Waals surface area contributed by atoms with E-state index < -0.39 is 28.8 Å².